The topological polar surface area (TPSA) is 68.0 Å². The summed E-state index contributed by atoms with van der Waals surface area (Å²) in [7, 11) is 0. The number of halogens is 3. The van der Waals surface area contributed by atoms with Gasteiger partial charge in [-0.25, -0.2) is 5.01 Å². The molecule has 0 spiro atoms. The highest BCUT2D eigenvalue weighted by atomic mass is 79.9. The van der Waals surface area contributed by atoms with Crippen LogP contribution in [0.25, 0.3) is 0 Å². The second kappa shape index (κ2) is 7.82. The molecule has 0 unspecified atom stereocenters. The monoisotopic (exact) mass is 517 g/mol. The van der Waals surface area contributed by atoms with Gasteiger partial charge in [-0.15, -0.1) is 0 Å². The lowest BCUT2D eigenvalue weighted by Gasteiger charge is -2.38. The van der Waals surface area contributed by atoms with Crippen molar-refractivity contribution in [1.82, 2.24) is 5.01 Å². The molecule has 156 valence electrons. The summed E-state index contributed by atoms with van der Waals surface area (Å²) in [6.45, 7) is 0. The lowest BCUT2D eigenvalue weighted by molar-refractivity contribution is -0.384. The van der Waals surface area contributed by atoms with Crippen molar-refractivity contribution >= 4 is 50.5 Å². The Morgan fingerprint density at radius 2 is 1.87 bits per heavy atom. The van der Waals surface area contributed by atoms with Crippen LogP contribution in [0.15, 0.2) is 70.2 Å². The van der Waals surface area contributed by atoms with Crippen molar-refractivity contribution in [3.05, 3.63) is 102 Å². The number of hydrazone groups is 1. The maximum atomic E-state index is 11.4. The van der Waals surface area contributed by atoms with Crippen LogP contribution in [0.2, 0.25) is 10.0 Å². The maximum absolute atomic E-state index is 11.4. The van der Waals surface area contributed by atoms with Gasteiger partial charge in [0.2, 0.25) is 6.23 Å². The second-order valence-electron chi connectivity index (χ2n) is 7.27. The molecule has 0 amide bonds. The van der Waals surface area contributed by atoms with Gasteiger partial charge in [-0.3, -0.25) is 10.1 Å². The average Bonchev–Trinajstić information content (AvgIpc) is 3.20. The Hall–Kier alpha value is -2.61. The van der Waals surface area contributed by atoms with Gasteiger partial charge in [0.25, 0.3) is 5.69 Å². The molecule has 0 saturated carbocycles. The van der Waals surface area contributed by atoms with Gasteiger partial charge in [-0.2, -0.15) is 5.10 Å². The first-order valence-corrected chi connectivity index (χ1v) is 11.0. The molecule has 0 aromatic heterocycles. The van der Waals surface area contributed by atoms with E-state index in [2.05, 4.69) is 15.9 Å². The van der Waals surface area contributed by atoms with Crippen LogP contribution in [0.5, 0.6) is 5.75 Å². The predicted molar refractivity (Wildman–Crippen MR) is 123 cm³/mol. The lowest BCUT2D eigenvalue weighted by atomic mass is 9.96. The minimum absolute atomic E-state index is 0.0776. The number of nitro groups is 1. The highest BCUT2D eigenvalue weighted by Crippen LogP contribution is 2.48. The van der Waals surface area contributed by atoms with E-state index >= 15 is 0 Å². The van der Waals surface area contributed by atoms with E-state index in [1.54, 1.807) is 12.1 Å². The predicted octanol–water partition coefficient (Wildman–Crippen LogP) is 6.91. The number of hydrogen-bond donors (Lipinski definition) is 0. The molecule has 6 nitrogen and oxygen atoms in total. The Morgan fingerprint density at radius 1 is 1.10 bits per heavy atom. The second-order valence-corrected chi connectivity index (χ2v) is 9.03. The molecule has 0 fully saturated rings. The van der Waals surface area contributed by atoms with Crippen molar-refractivity contribution in [2.24, 2.45) is 5.10 Å². The van der Waals surface area contributed by atoms with Gasteiger partial charge in [0.1, 0.15) is 10.8 Å². The van der Waals surface area contributed by atoms with E-state index in [-0.39, 0.29) is 16.8 Å². The normalized spacial score (nSPS) is 19.3. The lowest BCUT2D eigenvalue weighted by Crippen LogP contribution is -2.33. The Balaban J connectivity index is 1.61. The summed E-state index contributed by atoms with van der Waals surface area (Å²) in [5.74, 6) is 0.681. The van der Waals surface area contributed by atoms with Crippen LogP contribution in [0.4, 0.5) is 5.69 Å². The molecule has 31 heavy (non-hydrogen) atoms. The molecule has 0 radical (unpaired) electrons. The van der Waals surface area contributed by atoms with Gasteiger partial charge in [-0.05, 0) is 42.0 Å². The van der Waals surface area contributed by atoms with Crippen LogP contribution < -0.4 is 4.74 Å². The molecular weight excluding hydrogens is 505 g/mol. The van der Waals surface area contributed by atoms with Crippen LogP contribution >= 0.6 is 39.1 Å². The van der Waals surface area contributed by atoms with Crippen molar-refractivity contribution in [3.63, 3.8) is 0 Å². The third kappa shape index (κ3) is 3.67. The minimum Gasteiger partial charge on any atom is -0.464 e. The van der Waals surface area contributed by atoms with Crippen molar-refractivity contribution in [2.45, 2.75) is 18.7 Å². The van der Waals surface area contributed by atoms with Gasteiger partial charge in [0, 0.05) is 33.1 Å². The molecule has 0 saturated heterocycles. The number of benzene rings is 3. The summed E-state index contributed by atoms with van der Waals surface area (Å²) in [5.41, 5.74) is 3.27. The first-order chi connectivity index (χ1) is 14.9. The molecule has 2 aliphatic heterocycles. The Morgan fingerprint density at radius 3 is 2.61 bits per heavy atom. The largest absolute Gasteiger partial charge is 0.464 e. The summed E-state index contributed by atoms with van der Waals surface area (Å²) >= 11 is 15.7. The molecule has 0 N–H and O–H groups in total. The molecule has 3 aromatic carbocycles. The van der Waals surface area contributed by atoms with E-state index in [4.69, 9.17) is 33.0 Å². The SMILES string of the molecule is O=[N+]([O-])c1cc([C@H]2Oc3ccc(Cl)cc3[C@@H]3CC(c4ccc(Br)cc4)=NN23)ccc1Cl. The smallest absolute Gasteiger partial charge is 0.288 e. The van der Waals surface area contributed by atoms with Crippen molar-refractivity contribution in [1.29, 1.82) is 0 Å². The van der Waals surface area contributed by atoms with E-state index in [9.17, 15) is 10.1 Å². The Bertz CT molecular complexity index is 1230. The molecule has 2 heterocycles. The highest BCUT2D eigenvalue weighted by Gasteiger charge is 2.41. The maximum Gasteiger partial charge on any atom is 0.288 e. The molecule has 2 atom stereocenters. The summed E-state index contributed by atoms with van der Waals surface area (Å²) in [6, 6.07) is 18.0. The van der Waals surface area contributed by atoms with Crippen LogP contribution in [0, 0.1) is 10.1 Å². The molecule has 3 aromatic rings. The summed E-state index contributed by atoms with van der Waals surface area (Å²) in [5, 5.41) is 18.8. The van der Waals surface area contributed by atoms with Crippen LogP contribution in [0.3, 0.4) is 0 Å². The van der Waals surface area contributed by atoms with Gasteiger partial charge in [0.05, 0.1) is 16.7 Å². The van der Waals surface area contributed by atoms with E-state index in [1.165, 1.54) is 12.1 Å². The summed E-state index contributed by atoms with van der Waals surface area (Å²) in [6.07, 6.45) is 0.0208. The van der Waals surface area contributed by atoms with E-state index in [0.717, 1.165) is 21.3 Å². The van der Waals surface area contributed by atoms with Crippen molar-refractivity contribution in [2.75, 3.05) is 0 Å². The molecular formula is C22H14BrCl2N3O3. The summed E-state index contributed by atoms with van der Waals surface area (Å²) < 4.78 is 7.24. The van der Waals surface area contributed by atoms with Gasteiger partial charge in [-0.1, -0.05) is 57.3 Å². The number of nitro benzene ring substituents is 1. The van der Waals surface area contributed by atoms with Crippen molar-refractivity contribution < 1.29 is 9.66 Å². The zero-order chi connectivity index (χ0) is 21.7. The number of nitrogens with zero attached hydrogens (tertiary/aromatic N) is 3. The van der Waals surface area contributed by atoms with E-state index in [0.29, 0.717) is 22.8 Å². The summed E-state index contributed by atoms with van der Waals surface area (Å²) in [4.78, 5) is 10.9. The van der Waals surface area contributed by atoms with Gasteiger partial charge < -0.3 is 4.74 Å². The quantitative estimate of drug-likeness (QED) is 0.279. The molecule has 0 bridgehead atoms. The fraction of sp³-hybridized carbons (Fsp3) is 0.136. The first kappa shape index (κ1) is 20.3. The molecule has 9 heteroatoms. The zero-order valence-corrected chi connectivity index (χ0v) is 18.9. The van der Waals surface area contributed by atoms with Crippen LogP contribution in [0.1, 0.15) is 35.4 Å². The van der Waals surface area contributed by atoms with Crippen molar-refractivity contribution in [3.8, 4) is 5.75 Å². The Labute approximate surface area is 196 Å². The minimum atomic E-state index is -0.636. The standard InChI is InChI=1S/C22H14BrCl2N3O3/c23-14-4-1-12(2-5-14)18-11-19-16-10-15(24)6-8-21(16)31-22(27(19)26-18)13-3-7-17(25)20(9-13)28(29)30/h1-10,19,22H,11H2/t19-,22+/m0/s1. The van der Waals surface area contributed by atoms with E-state index in [1.807, 2.05) is 41.4 Å². The van der Waals surface area contributed by atoms with Gasteiger partial charge in [0.15, 0.2) is 0 Å². The van der Waals surface area contributed by atoms with Gasteiger partial charge >= 0.3 is 0 Å². The number of rotatable bonds is 3. The first-order valence-electron chi connectivity index (χ1n) is 9.42. The number of hydrogen-bond acceptors (Lipinski definition) is 5. The fourth-order valence-corrected chi connectivity index (χ4v) is 4.55. The molecule has 0 aliphatic carbocycles. The number of fused-ring (bicyclic) bond motifs is 3. The number of ether oxygens (including phenoxy) is 1. The van der Waals surface area contributed by atoms with E-state index < -0.39 is 11.2 Å². The average molecular weight is 519 g/mol. The third-order valence-corrected chi connectivity index (χ3v) is 6.46. The third-order valence-electron chi connectivity index (χ3n) is 5.38. The fourth-order valence-electron chi connectivity index (χ4n) is 3.92. The van der Waals surface area contributed by atoms with Crippen LogP contribution in [-0.4, -0.2) is 15.6 Å². The van der Waals surface area contributed by atoms with Crippen LogP contribution in [-0.2, 0) is 0 Å². The highest BCUT2D eigenvalue weighted by molar-refractivity contribution is 9.10. The molecule has 5 rings (SSSR count). The Kier molecular flexibility index (Phi) is 5.12. The zero-order valence-electron chi connectivity index (χ0n) is 15.8. The molecule has 2 aliphatic rings.